The Morgan fingerprint density at radius 2 is 1.83 bits per heavy atom. The van der Waals surface area contributed by atoms with E-state index in [2.05, 4.69) is 0 Å². The van der Waals surface area contributed by atoms with Gasteiger partial charge in [-0.05, 0) is 24.3 Å². The van der Waals surface area contributed by atoms with E-state index in [-0.39, 0.29) is 5.02 Å². The molecule has 0 atom stereocenters. The summed E-state index contributed by atoms with van der Waals surface area (Å²) in [7, 11) is 1.55. The summed E-state index contributed by atoms with van der Waals surface area (Å²) in [6.07, 6.45) is 0. The number of rotatable bonds is 3. The molecule has 18 heavy (non-hydrogen) atoms. The molecule has 0 saturated heterocycles. The Bertz CT molecular complexity index is 575. The standard InChI is InChI=1S/C13H11ClFNO2/c1-17-8-3-5-13(12(16)7-8)18-9-2-4-11(15)10(14)6-9/h2-7H,16H2,1H3. The Labute approximate surface area is 109 Å². The van der Waals surface area contributed by atoms with Crippen LogP contribution in [0.2, 0.25) is 5.02 Å². The molecule has 0 amide bonds. The summed E-state index contributed by atoms with van der Waals surface area (Å²) in [5.74, 6) is 1.01. The average Bonchev–Trinajstić information content (AvgIpc) is 2.36. The number of halogens is 2. The van der Waals surface area contributed by atoms with Gasteiger partial charge in [0.05, 0.1) is 17.8 Å². The first-order chi connectivity index (χ1) is 8.60. The molecular weight excluding hydrogens is 257 g/mol. The molecular formula is C13H11ClFNO2. The number of hydrogen-bond donors (Lipinski definition) is 1. The van der Waals surface area contributed by atoms with Gasteiger partial charge in [-0.1, -0.05) is 11.6 Å². The highest BCUT2D eigenvalue weighted by Crippen LogP contribution is 2.32. The van der Waals surface area contributed by atoms with Crippen molar-refractivity contribution in [2.75, 3.05) is 12.8 Å². The summed E-state index contributed by atoms with van der Waals surface area (Å²) in [6, 6.07) is 9.13. The fourth-order valence-corrected chi connectivity index (χ4v) is 1.58. The molecule has 0 unspecified atom stereocenters. The minimum absolute atomic E-state index is 0.000386. The molecule has 2 aromatic rings. The van der Waals surface area contributed by atoms with Crippen LogP contribution >= 0.6 is 11.6 Å². The summed E-state index contributed by atoms with van der Waals surface area (Å²) in [6.45, 7) is 0. The second kappa shape index (κ2) is 5.14. The third-order valence-electron chi connectivity index (χ3n) is 2.34. The molecule has 0 radical (unpaired) electrons. The van der Waals surface area contributed by atoms with Gasteiger partial charge < -0.3 is 15.2 Å². The number of hydrogen-bond acceptors (Lipinski definition) is 3. The number of benzene rings is 2. The van der Waals surface area contributed by atoms with Crippen molar-refractivity contribution in [1.29, 1.82) is 0 Å². The highest BCUT2D eigenvalue weighted by molar-refractivity contribution is 6.30. The SMILES string of the molecule is COc1ccc(Oc2ccc(F)c(Cl)c2)c(N)c1. The zero-order chi connectivity index (χ0) is 13.1. The Hall–Kier alpha value is -1.94. The van der Waals surface area contributed by atoms with E-state index < -0.39 is 5.82 Å². The number of nitrogens with two attached hydrogens (primary N) is 1. The third-order valence-corrected chi connectivity index (χ3v) is 2.63. The molecule has 0 heterocycles. The van der Waals surface area contributed by atoms with Crippen LogP contribution in [0.15, 0.2) is 36.4 Å². The van der Waals surface area contributed by atoms with E-state index >= 15 is 0 Å². The Morgan fingerprint density at radius 1 is 1.11 bits per heavy atom. The summed E-state index contributed by atoms with van der Waals surface area (Å²) in [5, 5.41) is -0.000386. The lowest BCUT2D eigenvalue weighted by Crippen LogP contribution is -1.93. The van der Waals surface area contributed by atoms with E-state index in [0.717, 1.165) is 0 Å². The summed E-state index contributed by atoms with van der Waals surface area (Å²) >= 11 is 5.66. The van der Waals surface area contributed by atoms with Crippen LogP contribution in [0.4, 0.5) is 10.1 Å². The predicted molar refractivity (Wildman–Crippen MR) is 68.9 cm³/mol. The fraction of sp³-hybridized carbons (Fsp3) is 0.0769. The maximum Gasteiger partial charge on any atom is 0.150 e. The van der Waals surface area contributed by atoms with E-state index in [4.69, 9.17) is 26.8 Å². The zero-order valence-corrected chi connectivity index (χ0v) is 10.4. The molecule has 5 heteroatoms. The molecule has 0 fully saturated rings. The minimum Gasteiger partial charge on any atom is -0.497 e. The normalized spacial score (nSPS) is 10.2. The largest absolute Gasteiger partial charge is 0.497 e. The first kappa shape index (κ1) is 12.5. The lowest BCUT2D eigenvalue weighted by Gasteiger charge is -2.10. The molecule has 3 nitrogen and oxygen atoms in total. The molecule has 0 spiro atoms. The van der Waals surface area contributed by atoms with Gasteiger partial charge in [0, 0.05) is 12.1 Å². The quantitative estimate of drug-likeness (QED) is 0.859. The molecule has 0 bridgehead atoms. The van der Waals surface area contributed by atoms with Crippen LogP contribution in [0, 0.1) is 5.82 Å². The van der Waals surface area contributed by atoms with Gasteiger partial charge in [0.25, 0.3) is 0 Å². The van der Waals surface area contributed by atoms with Crippen LogP contribution in [0.3, 0.4) is 0 Å². The number of ether oxygens (including phenoxy) is 2. The van der Waals surface area contributed by atoms with Gasteiger partial charge in [-0.15, -0.1) is 0 Å². The average molecular weight is 268 g/mol. The van der Waals surface area contributed by atoms with Crippen LogP contribution < -0.4 is 15.2 Å². The molecule has 0 aliphatic rings. The minimum atomic E-state index is -0.494. The van der Waals surface area contributed by atoms with Crippen molar-refractivity contribution < 1.29 is 13.9 Å². The van der Waals surface area contributed by atoms with Crippen LogP contribution in [0.1, 0.15) is 0 Å². The van der Waals surface area contributed by atoms with Gasteiger partial charge >= 0.3 is 0 Å². The summed E-state index contributed by atoms with van der Waals surface area (Å²) < 4.78 is 23.5. The molecule has 2 rings (SSSR count). The van der Waals surface area contributed by atoms with Crippen LogP contribution in [0.25, 0.3) is 0 Å². The lowest BCUT2D eigenvalue weighted by atomic mass is 10.2. The van der Waals surface area contributed by atoms with Crippen LogP contribution in [0.5, 0.6) is 17.2 Å². The van der Waals surface area contributed by atoms with Crippen LogP contribution in [-0.4, -0.2) is 7.11 Å². The van der Waals surface area contributed by atoms with Crippen molar-refractivity contribution in [3.05, 3.63) is 47.2 Å². The summed E-state index contributed by atoms with van der Waals surface area (Å²) in [5.41, 5.74) is 6.23. The molecule has 2 N–H and O–H groups in total. The summed E-state index contributed by atoms with van der Waals surface area (Å²) in [4.78, 5) is 0. The smallest absolute Gasteiger partial charge is 0.150 e. The Morgan fingerprint density at radius 3 is 2.44 bits per heavy atom. The fourth-order valence-electron chi connectivity index (χ4n) is 1.41. The maximum absolute atomic E-state index is 13.0. The molecule has 0 aliphatic carbocycles. The maximum atomic E-state index is 13.0. The third kappa shape index (κ3) is 2.65. The van der Waals surface area contributed by atoms with Crippen molar-refractivity contribution in [3.63, 3.8) is 0 Å². The lowest BCUT2D eigenvalue weighted by molar-refractivity contribution is 0.413. The van der Waals surface area contributed by atoms with Crippen LogP contribution in [-0.2, 0) is 0 Å². The molecule has 94 valence electrons. The predicted octanol–water partition coefficient (Wildman–Crippen LogP) is 3.86. The van der Waals surface area contributed by atoms with E-state index in [1.165, 1.54) is 18.2 Å². The zero-order valence-electron chi connectivity index (χ0n) is 9.61. The van der Waals surface area contributed by atoms with Crippen molar-refractivity contribution in [2.24, 2.45) is 0 Å². The first-order valence-electron chi connectivity index (χ1n) is 5.16. The van der Waals surface area contributed by atoms with E-state index in [0.29, 0.717) is 22.9 Å². The Kier molecular flexibility index (Phi) is 3.58. The molecule has 2 aromatic carbocycles. The van der Waals surface area contributed by atoms with E-state index in [1.807, 2.05) is 0 Å². The molecule has 0 aliphatic heterocycles. The van der Waals surface area contributed by atoms with Gasteiger partial charge in [-0.25, -0.2) is 4.39 Å². The monoisotopic (exact) mass is 267 g/mol. The first-order valence-corrected chi connectivity index (χ1v) is 5.54. The van der Waals surface area contributed by atoms with Gasteiger partial charge in [0.15, 0.2) is 5.75 Å². The number of methoxy groups -OCH3 is 1. The highest BCUT2D eigenvalue weighted by atomic mass is 35.5. The number of anilines is 1. The Balaban J connectivity index is 2.25. The van der Waals surface area contributed by atoms with E-state index in [9.17, 15) is 4.39 Å². The second-order valence-electron chi connectivity index (χ2n) is 3.58. The van der Waals surface area contributed by atoms with Crippen molar-refractivity contribution in [3.8, 4) is 17.2 Å². The van der Waals surface area contributed by atoms with Crippen molar-refractivity contribution in [2.45, 2.75) is 0 Å². The van der Waals surface area contributed by atoms with Gasteiger partial charge in [-0.2, -0.15) is 0 Å². The van der Waals surface area contributed by atoms with Gasteiger partial charge in [-0.3, -0.25) is 0 Å². The molecule has 0 aromatic heterocycles. The van der Waals surface area contributed by atoms with Crippen molar-refractivity contribution >= 4 is 17.3 Å². The molecule has 0 saturated carbocycles. The van der Waals surface area contributed by atoms with Crippen molar-refractivity contribution in [1.82, 2.24) is 0 Å². The highest BCUT2D eigenvalue weighted by Gasteiger charge is 2.06. The number of nitrogen functional groups attached to an aromatic ring is 1. The van der Waals surface area contributed by atoms with Gasteiger partial charge in [0.1, 0.15) is 17.3 Å². The van der Waals surface area contributed by atoms with E-state index in [1.54, 1.807) is 25.3 Å². The topological polar surface area (TPSA) is 44.5 Å². The van der Waals surface area contributed by atoms with Gasteiger partial charge in [0.2, 0.25) is 0 Å². The second-order valence-corrected chi connectivity index (χ2v) is 3.99.